The van der Waals surface area contributed by atoms with Gasteiger partial charge in [-0.25, -0.2) is 4.79 Å². The maximum Gasteiger partial charge on any atom is 0.341 e. The number of ether oxygens (including phenoxy) is 2. The average molecular weight is 469 g/mol. The Bertz CT molecular complexity index is 1410. The van der Waals surface area contributed by atoms with Gasteiger partial charge in [0.25, 0.3) is 5.91 Å². The van der Waals surface area contributed by atoms with E-state index in [0.29, 0.717) is 32.9 Å². The highest BCUT2D eigenvalue weighted by Crippen LogP contribution is 2.39. The number of rotatable bonds is 5. The fourth-order valence-electron chi connectivity index (χ4n) is 3.27. The summed E-state index contributed by atoms with van der Waals surface area (Å²) in [5.74, 6) is -0.754. The summed E-state index contributed by atoms with van der Waals surface area (Å²) in [7, 11) is 2.76. The second-order valence-corrected chi connectivity index (χ2v) is 7.93. The Balaban J connectivity index is 1.76. The molecule has 32 heavy (non-hydrogen) atoms. The summed E-state index contributed by atoms with van der Waals surface area (Å²) in [5.41, 5.74) is 1.41. The van der Waals surface area contributed by atoms with Gasteiger partial charge >= 0.3 is 5.97 Å². The molecule has 2 heterocycles. The Morgan fingerprint density at radius 3 is 2.59 bits per heavy atom. The van der Waals surface area contributed by atoms with E-state index in [0.717, 1.165) is 11.3 Å². The Labute approximate surface area is 191 Å². The van der Waals surface area contributed by atoms with Crippen molar-refractivity contribution in [2.24, 2.45) is 0 Å². The Kier molecular flexibility index (Phi) is 5.98. The van der Waals surface area contributed by atoms with Crippen LogP contribution in [0.5, 0.6) is 5.75 Å². The minimum absolute atomic E-state index is 0.00858. The summed E-state index contributed by atoms with van der Waals surface area (Å²) in [4.78, 5) is 25.6. The first kappa shape index (κ1) is 21.6. The Morgan fingerprint density at radius 2 is 1.88 bits per heavy atom. The molecule has 162 valence electrons. The van der Waals surface area contributed by atoms with Crippen molar-refractivity contribution in [1.82, 2.24) is 0 Å². The van der Waals surface area contributed by atoms with E-state index >= 15 is 0 Å². The topological polar surface area (TPSA) is 102 Å². The third-order valence-electron chi connectivity index (χ3n) is 4.79. The van der Waals surface area contributed by atoms with Gasteiger partial charge in [0.15, 0.2) is 11.3 Å². The molecule has 0 fully saturated rings. The maximum atomic E-state index is 13.0. The van der Waals surface area contributed by atoms with Crippen LogP contribution in [0.3, 0.4) is 0 Å². The number of nitrogens with one attached hydrogen (secondary N) is 2. The molecular weight excluding hydrogens is 452 g/mol. The van der Waals surface area contributed by atoms with Gasteiger partial charge in [-0.3, -0.25) is 10.2 Å². The summed E-state index contributed by atoms with van der Waals surface area (Å²) in [6.07, 6.45) is 0. The molecule has 0 spiro atoms. The van der Waals surface area contributed by atoms with Gasteiger partial charge in [-0.15, -0.1) is 11.3 Å². The number of thiophene rings is 1. The summed E-state index contributed by atoms with van der Waals surface area (Å²) < 4.78 is 15.7. The lowest BCUT2D eigenvalue weighted by Gasteiger charge is -2.09. The van der Waals surface area contributed by atoms with Crippen LogP contribution in [0.4, 0.5) is 5.00 Å². The first-order valence-electron chi connectivity index (χ1n) is 9.36. The first-order valence-corrected chi connectivity index (χ1v) is 10.6. The van der Waals surface area contributed by atoms with E-state index in [4.69, 9.17) is 30.9 Å². The summed E-state index contributed by atoms with van der Waals surface area (Å²) in [6, 6.07) is 13.8. The van der Waals surface area contributed by atoms with E-state index in [9.17, 15) is 9.59 Å². The zero-order valence-corrected chi connectivity index (χ0v) is 18.6. The zero-order valence-electron chi connectivity index (χ0n) is 17.0. The molecule has 2 aromatic heterocycles. The van der Waals surface area contributed by atoms with Gasteiger partial charge in [0.1, 0.15) is 16.1 Å². The van der Waals surface area contributed by atoms with E-state index in [1.807, 2.05) is 0 Å². The molecule has 2 N–H and O–H groups in total. The molecule has 0 atom stereocenters. The number of benzene rings is 2. The molecule has 9 heteroatoms. The van der Waals surface area contributed by atoms with Crippen molar-refractivity contribution in [1.29, 1.82) is 5.41 Å². The van der Waals surface area contributed by atoms with Crippen molar-refractivity contribution >= 4 is 50.8 Å². The summed E-state index contributed by atoms with van der Waals surface area (Å²) >= 11 is 7.47. The van der Waals surface area contributed by atoms with Crippen LogP contribution in [-0.4, -0.2) is 26.1 Å². The fraction of sp³-hybridized carbons (Fsp3) is 0.0870. The molecule has 0 aliphatic carbocycles. The maximum absolute atomic E-state index is 13.0. The van der Waals surface area contributed by atoms with Gasteiger partial charge in [0.2, 0.25) is 5.55 Å². The van der Waals surface area contributed by atoms with Gasteiger partial charge in [-0.2, -0.15) is 0 Å². The minimum atomic E-state index is -0.615. The van der Waals surface area contributed by atoms with Crippen molar-refractivity contribution in [2.45, 2.75) is 0 Å². The smallest absolute Gasteiger partial charge is 0.341 e. The van der Waals surface area contributed by atoms with Crippen LogP contribution in [0.2, 0.25) is 5.02 Å². The molecule has 0 unspecified atom stereocenters. The minimum Gasteiger partial charge on any atom is -0.493 e. The highest BCUT2D eigenvalue weighted by atomic mass is 35.5. The van der Waals surface area contributed by atoms with Crippen molar-refractivity contribution in [3.63, 3.8) is 0 Å². The van der Waals surface area contributed by atoms with Crippen molar-refractivity contribution in [3.05, 3.63) is 75.6 Å². The molecule has 0 saturated heterocycles. The van der Waals surface area contributed by atoms with E-state index in [-0.39, 0.29) is 21.7 Å². The van der Waals surface area contributed by atoms with Gasteiger partial charge in [-0.05, 0) is 18.2 Å². The third-order valence-corrected chi connectivity index (χ3v) is 6.02. The molecular formula is C23H17ClN2O5S. The Morgan fingerprint density at radius 1 is 1.09 bits per heavy atom. The quantitative estimate of drug-likeness (QED) is 0.385. The van der Waals surface area contributed by atoms with Crippen LogP contribution < -0.4 is 15.6 Å². The lowest BCUT2D eigenvalue weighted by Crippen LogP contribution is -2.21. The number of hydrogen-bond acceptors (Lipinski definition) is 7. The highest BCUT2D eigenvalue weighted by Gasteiger charge is 2.24. The SMILES string of the molecule is COC(=O)c1c(-c2ccccc2Cl)csc1NC(=O)c1cc2cccc(OC)c2oc1=N. The van der Waals surface area contributed by atoms with Gasteiger partial charge < -0.3 is 19.2 Å². The number of carbonyl (C=O) groups excluding carboxylic acids is 2. The number of para-hydroxylation sites is 1. The van der Waals surface area contributed by atoms with E-state index in [1.54, 1.807) is 53.9 Å². The molecule has 4 aromatic rings. The van der Waals surface area contributed by atoms with Crippen LogP contribution in [-0.2, 0) is 4.74 Å². The van der Waals surface area contributed by atoms with E-state index in [2.05, 4.69) is 5.32 Å². The van der Waals surface area contributed by atoms with Crippen LogP contribution in [0.25, 0.3) is 22.1 Å². The number of methoxy groups -OCH3 is 2. The lowest BCUT2D eigenvalue weighted by molar-refractivity contribution is 0.0603. The second-order valence-electron chi connectivity index (χ2n) is 6.65. The van der Waals surface area contributed by atoms with Crippen LogP contribution >= 0.6 is 22.9 Å². The molecule has 0 bridgehead atoms. The average Bonchev–Trinajstić information content (AvgIpc) is 3.21. The van der Waals surface area contributed by atoms with E-state index in [1.165, 1.54) is 14.2 Å². The number of halogens is 1. The number of fused-ring (bicyclic) bond motifs is 1. The van der Waals surface area contributed by atoms with Crippen LogP contribution in [0.1, 0.15) is 20.7 Å². The predicted molar refractivity (Wildman–Crippen MR) is 123 cm³/mol. The fourth-order valence-corrected chi connectivity index (χ4v) is 4.45. The number of hydrogen-bond donors (Lipinski definition) is 2. The van der Waals surface area contributed by atoms with Gasteiger partial charge in [-0.1, -0.05) is 41.9 Å². The highest BCUT2D eigenvalue weighted by molar-refractivity contribution is 7.15. The monoisotopic (exact) mass is 468 g/mol. The van der Waals surface area contributed by atoms with Crippen molar-refractivity contribution < 1.29 is 23.5 Å². The van der Waals surface area contributed by atoms with Crippen molar-refractivity contribution in [3.8, 4) is 16.9 Å². The molecule has 2 aromatic carbocycles. The summed E-state index contributed by atoms with van der Waals surface area (Å²) in [6.45, 7) is 0. The second kappa shape index (κ2) is 8.86. The molecule has 0 aliphatic heterocycles. The largest absolute Gasteiger partial charge is 0.493 e. The third kappa shape index (κ3) is 3.86. The summed E-state index contributed by atoms with van der Waals surface area (Å²) in [5, 5.41) is 13.9. The standard InChI is InChI=1S/C23H17ClN2O5S/c1-29-17-9-5-6-12-10-14(20(25)31-19(12)17)21(27)26-22-18(23(28)30-2)15(11-32-22)13-7-3-4-8-16(13)24/h3-11,25H,1-2H3,(H,26,27). The number of esters is 1. The Hall–Kier alpha value is -3.62. The molecule has 4 rings (SSSR count). The number of amides is 1. The zero-order chi connectivity index (χ0) is 22.8. The molecule has 0 radical (unpaired) electrons. The molecule has 7 nitrogen and oxygen atoms in total. The van der Waals surface area contributed by atoms with Gasteiger partial charge in [0.05, 0.1) is 14.2 Å². The predicted octanol–water partition coefficient (Wildman–Crippen LogP) is 5.34. The van der Waals surface area contributed by atoms with Crippen molar-refractivity contribution in [2.75, 3.05) is 19.5 Å². The first-order chi connectivity index (χ1) is 15.4. The number of carbonyl (C=O) groups is 2. The van der Waals surface area contributed by atoms with Crippen LogP contribution in [0.15, 0.2) is 58.3 Å². The normalized spacial score (nSPS) is 10.7. The number of anilines is 1. The van der Waals surface area contributed by atoms with E-state index < -0.39 is 11.9 Å². The molecule has 0 saturated carbocycles. The van der Waals surface area contributed by atoms with Gasteiger partial charge in [0, 0.05) is 26.9 Å². The van der Waals surface area contributed by atoms with Crippen LogP contribution in [0, 0.1) is 5.41 Å². The molecule has 1 amide bonds. The lowest BCUT2D eigenvalue weighted by atomic mass is 10.0. The molecule has 0 aliphatic rings.